The molecule has 7 nitrogen and oxygen atoms in total. The quantitative estimate of drug-likeness (QED) is 0.398. The SMILES string of the molecule is COc1cc(/C=C2/C(=O)NN(c3ccccc3)C2=O)c(Br)cc1OCc1ccccc1C#N. The first kappa shape index (κ1) is 22.1. The first-order chi connectivity index (χ1) is 16.0. The maximum Gasteiger partial charge on any atom is 0.282 e. The van der Waals surface area contributed by atoms with E-state index in [2.05, 4.69) is 27.4 Å². The molecule has 2 amide bonds. The van der Waals surface area contributed by atoms with E-state index in [-0.39, 0.29) is 12.2 Å². The van der Waals surface area contributed by atoms with Crippen molar-refractivity contribution in [2.24, 2.45) is 0 Å². The van der Waals surface area contributed by atoms with E-state index in [4.69, 9.17) is 9.47 Å². The molecule has 1 fully saturated rings. The Kier molecular flexibility index (Phi) is 6.43. The van der Waals surface area contributed by atoms with E-state index >= 15 is 0 Å². The van der Waals surface area contributed by atoms with E-state index in [1.54, 1.807) is 48.5 Å². The van der Waals surface area contributed by atoms with Gasteiger partial charge in [-0.15, -0.1) is 0 Å². The predicted molar refractivity (Wildman–Crippen MR) is 126 cm³/mol. The van der Waals surface area contributed by atoms with Crippen LogP contribution < -0.4 is 19.9 Å². The van der Waals surface area contributed by atoms with Crippen molar-refractivity contribution in [3.8, 4) is 17.6 Å². The minimum absolute atomic E-state index is 0.00165. The van der Waals surface area contributed by atoms with Crippen LogP contribution in [0.15, 0.2) is 76.8 Å². The molecule has 1 aliphatic heterocycles. The summed E-state index contributed by atoms with van der Waals surface area (Å²) in [5.74, 6) is -0.0775. The van der Waals surface area contributed by atoms with Gasteiger partial charge in [-0.3, -0.25) is 15.0 Å². The van der Waals surface area contributed by atoms with Crippen LogP contribution in [-0.2, 0) is 16.2 Å². The van der Waals surface area contributed by atoms with Crippen molar-refractivity contribution >= 4 is 39.5 Å². The van der Waals surface area contributed by atoms with Gasteiger partial charge in [0.15, 0.2) is 11.5 Å². The number of rotatable bonds is 6. The van der Waals surface area contributed by atoms with Crippen LogP contribution in [0.25, 0.3) is 6.08 Å². The number of para-hydroxylation sites is 1. The molecule has 164 valence electrons. The number of nitrogens with zero attached hydrogens (tertiary/aromatic N) is 2. The number of ether oxygens (including phenoxy) is 2. The Morgan fingerprint density at radius 3 is 2.52 bits per heavy atom. The number of hydrogen-bond acceptors (Lipinski definition) is 5. The highest BCUT2D eigenvalue weighted by Crippen LogP contribution is 2.36. The Morgan fingerprint density at radius 1 is 1.06 bits per heavy atom. The number of methoxy groups -OCH3 is 1. The lowest BCUT2D eigenvalue weighted by Crippen LogP contribution is -2.35. The lowest BCUT2D eigenvalue weighted by molar-refractivity contribution is -0.117. The van der Waals surface area contributed by atoms with Gasteiger partial charge in [-0.1, -0.05) is 52.3 Å². The second-order valence-electron chi connectivity index (χ2n) is 7.06. The predicted octanol–water partition coefficient (Wildman–Crippen LogP) is 4.37. The van der Waals surface area contributed by atoms with E-state index < -0.39 is 11.8 Å². The maximum absolute atomic E-state index is 12.8. The average Bonchev–Trinajstić information content (AvgIpc) is 3.13. The molecule has 0 unspecified atom stereocenters. The van der Waals surface area contributed by atoms with Crippen LogP contribution in [-0.4, -0.2) is 18.9 Å². The van der Waals surface area contributed by atoms with Crippen LogP contribution in [0.1, 0.15) is 16.7 Å². The zero-order valence-electron chi connectivity index (χ0n) is 17.5. The van der Waals surface area contributed by atoms with Crippen molar-refractivity contribution in [2.75, 3.05) is 12.1 Å². The van der Waals surface area contributed by atoms with Gasteiger partial charge in [0.2, 0.25) is 0 Å². The lowest BCUT2D eigenvalue weighted by Gasteiger charge is -2.14. The third-order valence-electron chi connectivity index (χ3n) is 5.01. The van der Waals surface area contributed by atoms with Gasteiger partial charge in [-0.2, -0.15) is 5.26 Å². The van der Waals surface area contributed by atoms with Crippen molar-refractivity contribution < 1.29 is 19.1 Å². The molecule has 1 aliphatic rings. The molecule has 0 aromatic heterocycles. The summed E-state index contributed by atoms with van der Waals surface area (Å²) in [4.78, 5) is 25.3. The van der Waals surface area contributed by atoms with E-state index in [1.165, 1.54) is 18.2 Å². The summed E-state index contributed by atoms with van der Waals surface area (Å²) in [5, 5.41) is 10.5. The number of benzene rings is 3. The fourth-order valence-corrected chi connectivity index (χ4v) is 3.75. The Labute approximate surface area is 198 Å². The Hall–Kier alpha value is -4.09. The van der Waals surface area contributed by atoms with Crippen LogP contribution in [0.2, 0.25) is 0 Å². The normalized spacial score (nSPS) is 14.2. The molecule has 0 atom stereocenters. The van der Waals surface area contributed by atoms with Gasteiger partial charge in [0.25, 0.3) is 11.8 Å². The molecule has 8 heteroatoms. The summed E-state index contributed by atoms with van der Waals surface area (Å²) in [6, 6.07) is 21.6. The van der Waals surface area contributed by atoms with Gasteiger partial charge in [0, 0.05) is 10.0 Å². The van der Waals surface area contributed by atoms with E-state index in [1.807, 2.05) is 18.2 Å². The molecule has 33 heavy (non-hydrogen) atoms. The molecule has 0 aliphatic carbocycles. The van der Waals surface area contributed by atoms with Crippen LogP contribution >= 0.6 is 15.9 Å². The number of nitrogens with one attached hydrogen (secondary N) is 1. The molecule has 1 saturated heterocycles. The number of anilines is 1. The van der Waals surface area contributed by atoms with Crippen LogP contribution in [0.4, 0.5) is 5.69 Å². The molecule has 4 rings (SSSR count). The number of hydrazine groups is 1. The van der Waals surface area contributed by atoms with Gasteiger partial charge >= 0.3 is 0 Å². The summed E-state index contributed by atoms with van der Waals surface area (Å²) < 4.78 is 12.0. The van der Waals surface area contributed by atoms with Crippen LogP contribution in [0.5, 0.6) is 11.5 Å². The highest BCUT2D eigenvalue weighted by Gasteiger charge is 2.34. The van der Waals surface area contributed by atoms with E-state index in [0.29, 0.717) is 32.8 Å². The van der Waals surface area contributed by atoms with Gasteiger partial charge < -0.3 is 9.47 Å². The molecular weight excluding hydrogens is 486 g/mol. The number of nitriles is 1. The molecule has 0 saturated carbocycles. The Balaban J connectivity index is 1.60. The molecule has 1 heterocycles. The lowest BCUT2D eigenvalue weighted by atomic mass is 10.1. The molecular formula is C25H18BrN3O4. The minimum Gasteiger partial charge on any atom is -0.493 e. The average molecular weight is 504 g/mol. The summed E-state index contributed by atoms with van der Waals surface area (Å²) in [6.07, 6.45) is 1.50. The molecule has 1 N–H and O–H groups in total. The minimum atomic E-state index is -0.497. The van der Waals surface area contributed by atoms with Crippen molar-refractivity contribution in [1.29, 1.82) is 5.26 Å². The van der Waals surface area contributed by atoms with E-state index in [9.17, 15) is 14.9 Å². The van der Waals surface area contributed by atoms with Crippen molar-refractivity contribution in [3.63, 3.8) is 0 Å². The molecule has 3 aromatic carbocycles. The first-order valence-electron chi connectivity index (χ1n) is 9.92. The van der Waals surface area contributed by atoms with Crippen LogP contribution in [0.3, 0.4) is 0 Å². The van der Waals surface area contributed by atoms with Gasteiger partial charge in [0.05, 0.1) is 24.4 Å². The van der Waals surface area contributed by atoms with Gasteiger partial charge in [-0.05, 0) is 42.0 Å². The summed E-state index contributed by atoms with van der Waals surface area (Å²) >= 11 is 3.48. The third-order valence-corrected chi connectivity index (χ3v) is 5.70. The second-order valence-corrected chi connectivity index (χ2v) is 7.91. The summed E-state index contributed by atoms with van der Waals surface area (Å²) in [5.41, 5.74) is 5.00. The van der Waals surface area contributed by atoms with Crippen molar-refractivity contribution in [3.05, 3.63) is 93.5 Å². The van der Waals surface area contributed by atoms with Crippen molar-refractivity contribution in [2.45, 2.75) is 6.61 Å². The highest BCUT2D eigenvalue weighted by atomic mass is 79.9. The van der Waals surface area contributed by atoms with Crippen molar-refractivity contribution in [1.82, 2.24) is 5.43 Å². The molecule has 3 aromatic rings. The van der Waals surface area contributed by atoms with Gasteiger partial charge in [-0.25, -0.2) is 5.01 Å². The third kappa shape index (κ3) is 4.59. The largest absolute Gasteiger partial charge is 0.493 e. The zero-order valence-corrected chi connectivity index (χ0v) is 19.1. The second kappa shape index (κ2) is 9.59. The number of amides is 2. The Morgan fingerprint density at radius 2 is 1.79 bits per heavy atom. The number of halogens is 1. The summed E-state index contributed by atoms with van der Waals surface area (Å²) in [6.45, 7) is 0.180. The number of hydrogen-bond donors (Lipinski definition) is 1. The number of carbonyl (C=O) groups excluding carboxylic acids is 2. The fourth-order valence-electron chi connectivity index (χ4n) is 3.32. The topological polar surface area (TPSA) is 91.7 Å². The smallest absolute Gasteiger partial charge is 0.282 e. The molecule has 0 radical (unpaired) electrons. The standard InChI is InChI=1S/C25H18BrN3O4/c1-32-22-12-18(11-20-24(30)28-29(25(20)31)19-9-3-2-4-10-19)21(26)13-23(22)33-15-17-8-6-5-7-16(17)14-27/h2-13H,15H2,1H3,(H,28,30)/b20-11-. The van der Waals surface area contributed by atoms with Crippen LogP contribution in [0, 0.1) is 11.3 Å². The monoisotopic (exact) mass is 503 g/mol. The maximum atomic E-state index is 12.8. The van der Waals surface area contributed by atoms with Gasteiger partial charge in [0.1, 0.15) is 12.2 Å². The summed E-state index contributed by atoms with van der Waals surface area (Å²) in [7, 11) is 1.50. The molecule has 0 bridgehead atoms. The van der Waals surface area contributed by atoms with E-state index in [0.717, 1.165) is 5.56 Å². The molecule has 0 spiro atoms. The highest BCUT2D eigenvalue weighted by molar-refractivity contribution is 9.10. The Bertz CT molecular complexity index is 1300. The zero-order chi connectivity index (χ0) is 23.4. The number of carbonyl (C=O) groups is 2. The fraction of sp³-hybridized carbons (Fsp3) is 0.0800. The first-order valence-corrected chi connectivity index (χ1v) is 10.7.